The van der Waals surface area contributed by atoms with Crippen LogP contribution in [0.15, 0.2) is 34.8 Å². The van der Waals surface area contributed by atoms with Gasteiger partial charge in [-0.1, -0.05) is 0 Å². The maximum absolute atomic E-state index is 12.1. The Morgan fingerprint density at radius 3 is 2.38 bits per heavy atom. The highest BCUT2D eigenvalue weighted by atomic mass is 79.9. The van der Waals surface area contributed by atoms with Crippen molar-refractivity contribution in [1.29, 1.82) is 0 Å². The Hall–Kier alpha value is -2.61. The highest BCUT2D eigenvalue weighted by Crippen LogP contribution is 2.44. The number of esters is 1. The topological polar surface area (TPSA) is 87.9 Å². The summed E-state index contributed by atoms with van der Waals surface area (Å²) in [6.07, 6.45) is 0. The molecule has 0 saturated heterocycles. The van der Waals surface area contributed by atoms with Gasteiger partial charge in [0, 0.05) is 17.7 Å². The number of methoxy groups -OCH3 is 3. The van der Waals surface area contributed by atoms with Gasteiger partial charge in [-0.05, 0) is 34.1 Å². The lowest BCUT2D eigenvalue weighted by atomic mass is 9.97. The van der Waals surface area contributed by atoms with Crippen LogP contribution in [0, 0.1) is 10.1 Å². The predicted molar refractivity (Wildman–Crippen MR) is 90.7 cm³/mol. The third-order valence-electron chi connectivity index (χ3n) is 3.38. The molecule has 2 aromatic rings. The van der Waals surface area contributed by atoms with Crippen molar-refractivity contribution in [2.75, 3.05) is 21.3 Å². The van der Waals surface area contributed by atoms with E-state index in [0.29, 0.717) is 27.1 Å². The first-order valence-corrected chi connectivity index (χ1v) is 7.51. The Morgan fingerprint density at radius 2 is 1.83 bits per heavy atom. The van der Waals surface area contributed by atoms with Gasteiger partial charge in [0.05, 0.1) is 41.9 Å². The summed E-state index contributed by atoms with van der Waals surface area (Å²) in [7, 11) is 4.17. The first-order valence-electron chi connectivity index (χ1n) is 6.72. The second-order valence-electron chi connectivity index (χ2n) is 4.64. The van der Waals surface area contributed by atoms with Crippen LogP contribution in [-0.2, 0) is 4.74 Å². The van der Waals surface area contributed by atoms with Crippen molar-refractivity contribution in [3.05, 3.63) is 50.5 Å². The van der Waals surface area contributed by atoms with Crippen molar-refractivity contribution in [2.45, 2.75) is 0 Å². The zero-order chi connectivity index (χ0) is 17.9. The molecule has 126 valence electrons. The fraction of sp³-hybridized carbons (Fsp3) is 0.188. The Kier molecular flexibility index (Phi) is 5.40. The third kappa shape index (κ3) is 3.18. The van der Waals surface area contributed by atoms with Gasteiger partial charge in [0.2, 0.25) is 0 Å². The number of hydrogen-bond donors (Lipinski definition) is 0. The SMILES string of the molecule is COC(=O)c1cc([N+](=O)[O-])ccc1-c1c(OC)ccc(Br)c1OC. The molecule has 0 aliphatic heterocycles. The summed E-state index contributed by atoms with van der Waals surface area (Å²) in [6.45, 7) is 0. The number of non-ortho nitro benzene ring substituents is 1. The molecule has 0 unspecified atom stereocenters. The quantitative estimate of drug-likeness (QED) is 0.434. The molecule has 0 spiro atoms. The van der Waals surface area contributed by atoms with E-state index in [-0.39, 0.29) is 11.3 Å². The van der Waals surface area contributed by atoms with Crippen LogP contribution >= 0.6 is 15.9 Å². The van der Waals surface area contributed by atoms with Crippen LogP contribution in [-0.4, -0.2) is 32.2 Å². The number of nitro benzene ring substituents is 1. The van der Waals surface area contributed by atoms with E-state index in [2.05, 4.69) is 15.9 Å². The fourth-order valence-electron chi connectivity index (χ4n) is 2.31. The van der Waals surface area contributed by atoms with Crippen LogP contribution < -0.4 is 9.47 Å². The molecule has 0 saturated carbocycles. The monoisotopic (exact) mass is 395 g/mol. The molecule has 0 N–H and O–H groups in total. The minimum atomic E-state index is -0.696. The fourth-order valence-corrected chi connectivity index (χ4v) is 2.80. The molecule has 0 fully saturated rings. The van der Waals surface area contributed by atoms with Crippen molar-refractivity contribution in [2.24, 2.45) is 0 Å². The van der Waals surface area contributed by atoms with Gasteiger partial charge in [-0.3, -0.25) is 10.1 Å². The van der Waals surface area contributed by atoms with E-state index in [4.69, 9.17) is 14.2 Å². The minimum absolute atomic E-state index is 0.0430. The molecule has 0 aromatic heterocycles. The van der Waals surface area contributed by atoms with Crippen LogP contribution in [0.1, 0.15) is 10.4 Å². The molecule has 0 amide bonds. The zero-order valence-corrected chi connectivity index (χ0v) is 14.7. The van der Waals surface area contributed by atoms with Gasteiger partial charge in [-0.15, -0.1) is 0 Å². The summed E-state index contributed by atoms with van der Waals surface area (Å²) in [4.78, 5) is 22.6. The second-order valence-corrected chi connectivity index (χ2v) is 5.49. The average molecular weight is 396 g/mol. The van der Waals surface area contributed by atoms with Crippen LogP contribution in [0.2, 0.25) is 0 Å². The van der Waals surface area contributed by atoms with E-state index < -0.39 is 10.9 Å². The van der Waals surface area contributed by atoms with Crippen molar-refractivity contribution < 1.29 is 23.9 Å². The summed E-state index contributed by atoms with van der Waals surface area (Å²) < 4.78 is 16.2. The van der Waals surface area contributed by atoms with Crippen molar-refractivity contribution in [3.8, 4) is 22.6 Å². The first-order chi connectivity index (χ1) is 11.4. The summed E-state index contributed by atoms with van der Waals surface area (Å²) in [5, 5.41) is 11.0. The number of ether oxygens (including phenoxy) is 3. The van der Waals surface area contributed by atoms with Gasteiger partial charge in [0.15, 0.2) is 0 Å². The lowest BCUT2D eigenvalue weighted by Crippen LogP contribution is -2.06. The number of carbonyl (C=O) groups is 1. The van der Waals surface area contributed by atoms with E-state index in [1.807, 2.05) is 0 Å². The largest absolute Gasteiger partial charge is 0.496 e. The van der Waals surface area contributed by atoms with Gasteiger partial charge in [0.25, 0.3) is 5.69 Å². The number of rotatable bonds is 5. The van der Waals surface area contributed by atoms with Crippen LogP contribution in [0.3, 0.4) is 0 Å². The number of nitrogens with zero attached hydrogens (tertiary/aromatic N) is 1. The van der Waals surface area contributed by atoms with Crippen molar-refractivity contribution in [3.63, 3.8) is 0 Å². The molecular weight excluding hydrogens is 382 g/mol. The Labute approximate surface area is 146 Å². The molecule has 8 heteroatoms. The normalized spacial score (nSPS) is 10.2. The smallest absolute Gasteiger partial charge is 0.338 e. The molecule has 0 heterocycles. The van der Waals surface area contributed by atoms with E-state index in [1.54, 1.807) is 12.1 Å². The van der Waals surface area contributed by atoms with E-state index >= 15 is 0 Å². The lowest BCUT2D eigenvalue weighted by molar-refractivity contribution is -0.384. The van der Waals surface area contributed by atoms with E-state index in [9.17, 15) is 14.9 Å². The standard InChI is InChI=1S/C16H14BrNO6/c1-22-13-7-6-12(17)15(23-2)14(13)10-5-4-9(18(20)21)8-11(10)16(19)24-3/h4-8H,1-3H3. The van der Waals surface area contributed by atoms with Crippen molar-refractivity contribution in [1.82, 2.24) is 0 Å². The minimum Gasteiger partial charge on any atom is -0.496 e. The predicted octanol–water partition coefficient (Wildman–Crippen LogP) is 3.83. The maximum atomic E-state index is 12.1. The molecule has 0 radical (unpaired) electrons. The number of benzene rings is 2. The highest BCUT2D eigenvalue weighted by Gasteiger charge is 2.24. The highest BCUT2D eigenvalue weighted by molar-refractivity contribution is 9.10. The summed E-state index contributed by atoms with van der Waals surface area (Å²) in [6, 6.07) is 7.38. The number of nitro groups is 1. The molecule has 24 heavy (non-hydrogen) atoms. The Bertz CT molecular complexity index is 805. The van der Waals surface area contributed by atoms with E-state index in [1.165, 1.54) is 39.5 Å². The maximum Gasteiger partial charge on any atom is 0.338 e. The van der Waals surface area contributed by atoms with Crippen molar-refractivity contribution >= 4 is 27.6 Å². The molecule has 0 aliphatic rings. The molecule has 7 nitrogen and oxygen atoms in total. The van der Waals surface area contributed by atoms with Crippen LogP contribution in [0.5, 0.6) is 11.5 Å². The molecule has 2 rings (SSSR count). The van der Waals surface area contributed by atoms with Gasteiger partial charge in [0.1, 0.15) is 11.5 Å². The van der Waals surface area contributed by atoms with E-state index in [0.717, 1.165) is 0 Å². The van der Waals surface area contributed by atoms with Gasteiger partial charge >= 0.3 is 5.97 Å². The number of hydrogen-bond acceptors (Lipinski definition) is 6. The Balaban J connectivity index is 2.84. The second kappa shape index (κ2) is 7.31. The summed E-state index contributed by atoms with van der Waals surface area (Å²) >= 11 is 3.38. The molecule has 0 atom stereocenters. The van der Waals surface area contributed by atoms with Gasteiger partial charge in [-0.25, -0.2) is 4.79 Å². The van der Waals surface area contributed by atoms with Crippen LogP contribution in [0.25, 0.3) is 11.1 Å². The average Bonchev–Trinajstić information content (AvgIpc) is 2.60. The molecule has 0 aliphatic carbocycles. The molecule has 2 aromatic carbocycles. The lowest BCUT2D eigenvalue weighted by Gasteiger charge is -2.16. The third-order valence-corrected chi connectivity index (χ3v) is 4.01. The Morgan fingerprint density at radius 1 is 1.12 bits per heavy atom. The number of halogens is 1. The van der Waals surface area contributed by atoms with Gasteiger partial charge in [-0.2, -0.15) is 0 Å². The molecule has 0 bridgehead atoms. The molecular formula is C16H14BrNO6. The summed E-state index contributed by atoms with van der Waals surface area (Å²) in [5.74, 6) is 0.195. The first kappa shape index (κ1) is 17.7. The number of carbonyl (C=O) groups excluding carboxylic acids is 1. The van der Waals surface area contributed by atoms with Gasteiger partial charge < -0.3 is 14.2 Å². The zero-order valence-electron chi connectivity index (χ0n) is 13.2. The summed E-state index contributed by atoms with van der Waals surface area (Å²) in [5.41, 5.74) is 0.723. The van der Waals surface area contributed by atoms with Crippen LogP contribution in [0.4, 0.5) is 5.69 Å².